The summed E-state index contributed by atoms with van der Waals surface area (Å²) < 4.78 is 3.60. The van der Waals surface area contributed by atoms with Crippen LogP contribution in [0.5, 0.6) is 0 Å². The van der Waals surface area contributed by atoms with Crippen molar-refractivity contribution in [1.29, 1.82) is 0 Å². The summed E-state index contributed by atoms with van der Waals surface area (Å²) in [7, 11) is 0. The lowest BCUT2D eigenvalue weighted by Gasteiger charge is -2.12. The number of carbonyl (C=O) groups is 1. The van der Waals surface area contributed by atoms with Gasteiger partial charge in [0.1, 0.15) is 5.82 Å². The van der Waals surface area contributed by atoms with Crippen molar-refractivity contribution >= 4 is 23.4 Å². The van der Waals surface area contributed by atoms with Gasteiger partial charge in [0.15, 0.2) is 11.0 Å². The van der Waals surface area contributed by atoms with Gasteiger partial charge in [-0.25, -0.2) is 0 Å². The molecule has 1 N–H and O–H groups in total. The standard InChI is InChI=1S/C21H22N8OS/c1-13-8-9-14(2)19(10-13)28-15(3)23-25-21(28)31-12-20(30)22-17-6-5-7-18(11-17)29-16(4)24-26-27-29/h5-11H,12H2,1-4H3,(H,22,30). The lowest BCUT2D eigenvalue weighted by atomic mass is 10.1. The van der Waals surface area contributed by atoms with Gasteiger partial charge in [-0.3, -0.25) is 9.36 Å². The fourth-order valence-electron chi connectivity index (χ4n) is 3.19. The van der Waals surface area contributed by atoms with E-state index in [0.717, 1.165) is 28.3 Å². The molecule has 1 amide bonds. The molecule has 2 aromatic heterocycles. The van der Waals surface area contributed by atoms with Crippen molar-refractivity contribution in [3.05, 3.63) is 65.2 Å². The summed E-state index contributed by atoms with van der Waals surface area (Å²) in [6.07, 6.45) is 0. The SMILES string of the molecule is Cc1ccc(C)c(-n2c(C)nnc2SCC(=O)Nc2cccc(-n3nnnc3C)c2)c1. The highest BCUT2D eigenvalue weighted by atomic mass is 32.2. The molecule has 0 aliphatic rings. The highest BCUT2D eigenvalue weighted by Gasteiger charge is 2.15. The smallest absolute Gasteiger partial charge is 0.234 e. The van der Waals surface area contributed by atoms with Crippen LogP contribution in [0.2, 0.25) is 0 Å². The first-order valence-corrected chi connectivity index (χ1v) is 10.7. The van der Waals surface area contributed by atoms with Crippen LogP contribution < -0.4 is 5.32 Å². The molecule has 0 radical (unpaired) electrons. The molecule has 10 heteroatoms. The Hall–Kier alpha value is -3.53. The Labute approximate surface area is 183 Å². The van der Waals surface area contributed by atoms with Crippen molar-refractivity contribution in [2.45, 2.75) is 32.9 Å². The molecule has 0 aliphatic heterocycles. The van der Waals surface area contributed by atoms with Gasteiger partial charge >= 0.3 is 0 Å². The van der Waals surface area contributed by atoms with Crippen molar-refractivity contribution in [3.63, 3.8) is 0 Å². The number of carbonyl (C=O) groups excluding carboxylic acids is 1. The van der Waals surface area contributed by atoms with Crippen LogP contribution in [0.1, 0.15) is 22.8 Å². The Kier molecular flexibility index (Phi) is 5.81. The predicted octanol–water partition coefficient (Wildman–Crippen LogP) is 3.21. The molecule has 4 aromatic rings. The Balaban J connectivity index is 1.47. The van der Waals surface area contributed by atoms with E-state index in [1.54, 1.807) is 4.68 Å². The first-order valence-electron chi connectivity index (χ1n) is 9.70. The summed E-state index contributed by atoms with van der Waals surface area (Å²) in [5, 5.41) is 23.6. The molecule has 31 heavy (non-hydrogen) atoms. The summed E-state index contributed by atoms with van der Waals surface area (Å²) in [6.45, 7) is 7.82. The van der Waals surface area contributed by atoms with Gasteiger partial charge in [-0.15, -0.1) is 15.3 Å². The molecule has 0 saturated heterocycles. The number of aryl methyl sites for hydroxylation is 4. The zero-order chi connectivity index (χ0) is 22.0. The molecule has 9 nitrogen and oxygen atoms in total. The summed E-state index contributed by atoms with van der Waals surface area (Å²) in [6, 6.07) is 13.6. The highest BCUT2D eigenvalue weighted by Crippen LogP contribution is 2.25. The summed E-state index contributed by atoms with van der Waals surface area (Å²) in [5.41, 5.74) is 4.74. The molecular weight excluding hydrogens is 412 g/mol. The lowest BCUT2D eigenvalue weighted by Crippen LogP contribution is -2.15. The van der Waals surface area contributed by atoms with Crippen LogP contribution in [0, 0.1) is 27.7 Å². The quantitative estimate of drug-likeness (QED) is 0.465. The lowest BCUT2D eigenvalue weighted by molar-refractivity contribution is -0.113. The van der Waals surface area contributed by atoms with E-state index < -0.39 is 0 Å². The molecule has 2 heterocycles. The summed E-state index contributed by atoms with van der Waals surface area (Å²) in [5.74, 6) is 1.52. The van der Waals surface area contributed by atoms with Crippen molar-refractivity contribution in [2.24, 2.45) is 0 Å². The van der Waals surface area contributed by atoms with Crippen molar-refractivity contribution in [2.75, 3.05) is 11.1 Å². The average molecular weight is 435 g/mol. The molecule has 0 spiro atoms. The summed E-state index contributed by atoms with van der Waals surface area (Å²) >= 11 is 1.35. The fourth-order valence-corrected chi connectivity index (χ4v) is 3.98. The fraction of sp³-hybridized carbons (Fsp3) is 0.238. The average Bonchev–Trinajstić information content (AvgIpc) is 3.34. The monoisotopic (exact) mass is 434 g/mol. The molecule has 0 saturated carbocycles. The number of thioether (sulfide) groups is 1. The van der Waals surface area contributed by atoms with Gasteiger partial charge in [-0.1, -0.05) is 30.0 Å². The first-order chi connectivity index (χ1) is 14.9. The van der Waals surface area contributed by atoms with E-state index in [0.29, 0.717) is 16.7 Å². The molecule has 2 aromatic carbocycles. The maximum absolute atomic E-state index is 12.6. The van der Waals surface area contributed by atoms with Crippen molar-refractivity contribution in [3.8, 4) is 11.4 Å². The topological polar surface area (TPSA) is 103 Å². The third-order valence-corrected chi connectivity index (χ3v) is 5.66. The van der Waals surface area contributed by atoms with Gasteiger partial charge in [0.2, 0.25) is 5.91 Å². The maximum atomic E-state index is 12.6. The van der Waals surface area contributed by atoms with E-state index in [9.17, 15) is 4.79 Å². The second kappa shape index (κ2) is 8.68. The van der Waals surface area contributed by atoms with E-state index in [4.69, 9.17) is 0 Å². The van der Waals surface area contributed by atoms with Crippen LogP contribution in [-0.4, -0.2) is 46.6 Å². The normalized spacial score (nSPS) is 11.0. The third-order valence-electron chi connectivity index (χ3n) is 4.73. The second-order valence-electron chi connectivity index (χ2n) is 7.18. The van der Waals surface area contributed by atoms with Crippen LogP contribution in [0.25, 0.3) is 11.4 Å². The first kappa shape index (κ1) is 20.7. The highest BCUT2D eigenvalue weighted by molar-refractivity contribution is 7.99. The molecule has 0 unspecified atom stereocenters. The second-order valence-corrected chi connectivity index (χ2v) is 8.12. The van der Waals surface area contributed by atoms with Crippen molar-refractivity contribution < 1.29 is 4.79 Å². The Morgan fingerprint density at radius 3 is 2.61 bits per heavy atom. The van der Waals surface area contributed by atoms with Gasteiger partial charge < -0.3 is 5.32 Å². The predicted molar refractivity (Wildman–Crippen MR) is 119 cm³/mol. The number of nitrogens with one attached hydrogen (secondary N) is 1. The zero-order valence-corrected chi connectivity index (χ0v) is 18.5. The van der Waals surface area contributed by atoms with Gasteiger partial charge in [-0.05, 0) is 73.5 Å². The van der Waals surface area contributed by atoms with E-state index in [-0.39, 0.29) is 11.7 Å². The number of nitrogens with zero attached hydrogens (tertiary/aromatic N) is 7. The molecule has 0 bridgehead atoms. The largest absolute Gasteiger partial charge is 0.325 e. The van der Waals surface area contributed by atoms with Crippen LogP contribution in [0.4, 0.5) is 5.69 Å². The van der Waals surface area contributed by atoms with Crippen LogP contribution >= 0.6 is 11.8 Å². The van der Waals surface area contributed by atoms with Gasteiger partial charge in [0, 0.05) is 5.69 Å². The van der Waals surface area contributed by atoms with Gasteiger partial charge in [-0.2, -0.15) is 4.68 Å². The molecular formula is C21H22N8OS. The number of hydrogen-bond donors (Lipinski definition) is 1. The number of rotatable bonds is 6. The molecule has 0 atom stereocenters. The Morgan fingerprint density at radius 2 is 1.84 bits per heavy atom. The minimum atomic E-state index is -0.135. The van der Waals surface area contributed by atoms with E-state index in [2.05, 4.69) is 56.2 Å². The van der Waals surface area contributed by atoms with E-state index in [1.165, 1.54) is 11.8 Å². The number of aromatic nitrogens is 7. The molecule has 0 fully saturated rings. The van der Waals surface area contributed by atoms with Gasteiger partial charge in [0.05, 0.1) is 17.1 Å². The number of tetrazole rings is 1. The van der Waals surface area contributed by atoms with E-state index >= 15 is 0 Å². The Bertz CT molecular complexity index is 1250. The molecule has 4 rings (SSSR count). The van der Waals surface area contributed by atoms with Crippen molar-refractivity contribution in [1.82, 2.24) is 35.0 Å². The molecule has 0 aliphatic carbocycles. The number of amides is 1. The summed E-state index contributed by atoms with van der Waals surface area (Å²) in [4.78, 5) is 12.6. The third kappa shape index (κ3) is 4.48. The van der Waals surface area contributed by atoms with Gasteiger partial charge in [0.25, 0.3) is 0 Å². The van der Waals surface area contributed by atoms with Crippen LogP contribution in [-0.2, 0) is 4.79 Å². The number of anilines is 1. The number of benzene rings is 2. The van der Waals surface area contributed by atoms with Crippen LogP contribution in [0.3, 0.4) is 0 Å². The number of hydrogen-bond acceptors (Lipinski definition) is 7. The minimum Gasteiger partial charge on any atom is -0.325 e. The maximum Gasteiger partial charge on any atom is 0.234 e. The Morgan fingerprint density at radius 1 is 1.00 bits per heavy atom. The van der Waals surface area contributed by atoms with E-state index in [1.807, 2.05) is 49.6 Å². The van der Waals surface area contributed by atoms with Crippen LogP contribution in [0.15, 0.2) is 47.6 Å². The zero-order valence-electron chi connectivity index (χ0n) is 17.7. The minimum absolute atomic E-state index is 0.135. The molecule has 158 valence electrons.